The van der Waals surface area contributed by atoms with Gasteiger partial charge in [-0.2, -0.15) is 0 Å². The fourth-order valence-electron chi connectivity index (χ4n) is 2.73. The van der Waals surface area contributed by atoms with Gasteiger partial charge in [0.15, 0.2) is 11.8 Å². The van der Waals surface area contributed by atoms with Crippen LogP contribution in [0.25, 0.3) is 0 Å². The molecule has 0 saturated heterocycles. The van der Waals surface area contributed by atoms with Crippen LogP contribution >= 0.6 is 11.8 Å². The summed E-state index contributed by atoms with van der Waals surface area (Å²) in [5, 5.41) is 12.1. The average molecular weight is 403 g/mol. The van der Waals surface area contributed by atoms with Crippen molar-refractivity contribution in [2.45, 2.75) is 56.8 Å². The third-order valence-electron chi connectivity index (χ3n) is 4.07. The standard InChI is InChI=1S/C20H26N4O3S/c1-20(2,3)21-16(25)12-27-17(26)13-28-19-23-22-18(15-9-10-15)24(19)11-14-7-5-4-6-8-14/h4-8,15H,9-13H2,1-3H3,(H,21,25). The first-order valence-corrected chi connectivity index (χ1v) is 10.4. The maximum Gasteiger partial charge on any atom is 0.316 e. The maximum absolute atomic E-state index is 12.0. The normalized spacial score (nSPS) is 14.0. The van der Waals surface area contributed by atoms with Crippen LogP contribution in [0.5, 0.6) is 0 Å². The first-order chi connectivity index (χ1) is 13.3. The van der Waals surface area contributed by atoms with E-state index in [9.17, 15) is 9.59 Å². The Bertz CT molecular complexity index is 826. The van der Waals surface area contributed by atoms with Crippen molar-refractivity contribution < 1.29 is 14.3 Å². The summed E-state index contributed by atoms with van der Waals surface area (Å²) in [7, 11) is 0. The van der Waals surface area contributed by atoms with Crippen molar-refractivity contribution in [1.82, 2.24) is 20.1 Å². The zero-order chi connectivity index (χ0) is 20.1. The molecule has 1 N–H and O–H groups in total. The lowest BCUT2D eigenvalue weighted by atomic mass is 10.1. The SMILES string of the molecule is CC(C)(C)NC(=O)COC(=O)CSc1nnc(C2CC2)n1Cc1ccccc1. The minimum Gasteiger partial charge on any atom is -0.455 e. The third-order valence-corrected chi connectivity index (χ3v) is 5.01. The number of esters is 1. The molecule has 7 nitrogen and oxygen atoms in total. The van der Waals surface area contributed by atoms with E-state index in [-0.39, 0.29) is 23.8 Å². The monoisotopic (exact) mass is 402 g/mol. The molecule has 0 spiro atoms. The number of thioether (sulfide) groups is 1. The number of ether oxygens (including phenoxy) is 1. The van der Waals surface area contributed by atoms with Crippen LogP contribution < -0.4 is 5.32 Å². The van der Waals surface area contributed by atoms with Gasteiger partial charge in [-0.05, 0) is 39.2 Å². The van der Waals surface area contributed by atoms with Crippen molar-refractivity contribution in [1.29, 1.82) is 0 Å². The lowest BCUT2D eigenvalue weighted by Crippen LogP contribution is -2.42. The van der Waals surface area contributed by atoms with E-state index in [2.05, 4.69) is 32.2 Å². The second kappa shape index (κ2) is 8.77. The van der Waals surface area contributed by atoms with E-state index >= 15 is 0 Å². The molecule has 1 saturated carbocycles. The number of nitrogens with zero attached hydrogens (tertiary/aromatic N) is 3. The molecule has 3 rings (SSSR count). The molecule has 150 valence electrons. The molecule has 1 aromatic heterocycles. The van der Waals surface area contributed by atoms with Crippen molar-refractivity contribution in [3.8, 4) is 0 Å². The Morgan fingerprint density at radius 3 is 2.57 bits per heavy atom. The van der Waals surface area contributed by atoms with Crippen molar-refractivity contribution in [3.63, 3.8) is 0 Å². The number of carbonyl (C=O) groups excluding carboxylic acids is 2. The molecule has 1 fully saturated rings. The van der Waals surface area contributed by atoms with Gasteiger partial charge in [-0.1, -0.05) is 42.1 Å². The van der Waals surface area contributed by atoms with Gasteiger partial charge in [0, 0.05) is 11.5 Å². The van der Waals surface area contributed by atoms with E-state index in [1.54, 1.807) is 0 Å². The quantitative estimate of drug-likeness (QED) is 0.540. The molecule has 0 unspecified atom stereocenters. The summed E-state index contributed by atoms with van der Waals surface area (Å²) in [5.41, 5.74) is 0.804. The number of aromatic nitrogens is 3. The average Bonchev–Trinajstić information content (AvgIpc) is 3.40. The summed E-state index contributed by atoms with van der Waals surface area (Å²) in [6, 6.07) is 10.1. The van der Waals surface area contributed by atoms with Crippen LogP contribution in [0.1, 0.15) is 50.9 Å². The van der Waals surface area contributed by atoms with Crippen LogP contribution in [0.3, 0.4) is 0 Å². The Hall–Kier alpha value is -2.35. The summed E-state index contributed by atoms with van der Waals surface area (Å²) in [5.74, 6) is 0.758. The molecule has 1 aliphatic carbocycles. The Morgan fingerprint density at radius 2 is 1.93 bits per heavy atom. The zero-order valence-corrected chi connectivity index (χ0v) is 17.3. The molecule has 1 heterocycles. The van der Waals surface area contributed by atoms with Crippen molar-refractivity contribution >= 4 is 23.6 Å². The molecule has 1 aromatic carbocycles. The molecule has 8 heteroatoms. The molecular weight excluding hydrogens is 376 g/mol. The molecule has 0 bridgehead atoms. The molecule has 28 heavy (non-hydrogen) atoms. The van der Waals surface area contributed by atoms with Gasteiger partial charge in [-0.25, -0.2) is 0 Å². The van der Waals surface area contributed by atoms with Gasteiger partial charge in [0.25, 0.3) is 5.91 Å². The second-order valence-electron chi connectivity index (χ2n) is 7.93. The van der Waals surface area contributed by atoms with Crippen LogP contribution in [0.2, 0.25) is 0 Å². The molecule has 2 aromatic rings. The lowest BCUT2D eigenvalue weighted by Gasteiger charge is -2.20. The summed E-state index contributed by atoms with van der Waals surface area (Å²) in [4.78, 5) is 23.8. The highest BCUT2D eigenvalue weighted by Crippen LogP contribution is 2.40. The number of nitrogens with one attached hydrogen (secondary N) is 1. The Kier molecular flexibility index (Phi) is 6.39. The number of hydrogen-bond donors (Lipinski definition) is 1. The number of amides is 1. The summed E-state index contributed by atoms with van der Waals surface area (Å²) >= 11 is 1.29. The Labute approximate surface area is 169 Å². The van der Waals surface area contributed by atoms with Crippen molar-refractivity contribution in [3.05, 3.63) is 41.7 Å². The lowest BCUT2D eigenvalue weighted by molar-refractivity contribution is -0.146. The van der Waals surface area contributed by atoms with E-state index in [4.69, 9.17) is 4.74 Å². The predicted molar refractivity (Wildman–Crippen MR) is 107 cm³/mol. The third kappa shape index (κ3) is 6.09. The van der Waals surface area contributed by atoms with Gasteiger partial charge in [0.1, 0.15) is 5.82 Å². The Morgan fingerprint density at radius 1 is 1.21 bits per heavy atom. The molecule has 0 aliphatic heterocycles. The summed E-state index contributed by atoms with van der Waals surface area (Å²) in [6.07, 6.45) is 2.25. The fourth-order valence-corrected chi connectivity index (χ4v) is 3.47. The van der Waals surface area contributed by atoms with Crippen LogP contribution in [0.4, 0.5) is 0 Å². The molecule has 1 aliphatic rings. The molecule has 1 amide bonds. The highest BCUT2D eigenvalue weighted by atomic mass is 32.2. The van der Waals surface area contributed by atoms with E-state index in [0.717, 1.165) is 24.2 Å². The second-order valence-corrected chi connectivity index (χ2v) is 8.88. The van der Waals surface area contributed by atoms with Gasteiger partial charge >= 0.3 is 5.97 Å². The van der Waals surface area contributed by atoms with Crippen LogP contribution in [-0.4, -0.2) is 44.5 Å². The van der Waals surface area contributed by atoms with Gasteiger partial charge in [0.05, 0.1) is 12.3 Å². The number of carbonyl (C=O) groups is 2. The van der Waals surface area contributed by atoms with Gasteiger partial charge in [-0.15, -0.1) is 10.2 Å². The number of benzene rings is 1. The first kappa shape index (κ1) is 20.4. The van der Waals surface area contributed by atoms with E-state index < -0.39 is 5.97 Å². The maximum atomic E-state index is 12.0. The van der Waals surface area contributed by atoms with E-state index in [0.29, 0.717) is 17.6 Å². The zero-order valence-electron chi connectivity index (χ0n) is 16.5. The predicted octanol–water partition coefficient (Wildman–Crippen LogP) is 2.75. The minimum atomic E-state index is -0.448. The molecular formula is C20H26N4O3S. The smallest absolute Gasteiger partial charge is 0.316 e. The molecule has 0 atom stereocenters. The Balaban J connectivity index is 1.57. The topological polar surface area (TPSA) is 86.1 Å². The molecule has 0 radical (unpaired) electrons. The fraction of sp³-hybridized carbons (Fsp3) is 0.500. The number of hydrogen-bond acceptors (Lipinski definition) is 6. The van der Waals surface area contributed by atoms with Gasteiger partial charge in [0.2, 0.25) is 0 Å². The number of rotatable bonds is 8. The van der Waals surface area contributed by atoms with Crippen LogP contribution in [0, 0.1) is 0 Å². The highest BCUT2D eigenvalue weighted by Gasteiger charge is 2.30. The summed E-state index contributed by atoms with van der Waals surface area (Å²) in [6.45, 7) is 6.02. The minimum absolute atomic E-state index is 0.0837. The van der Waals surface area contributed by atoms with Crippen LogP contribution in [0.15, 0.2) is 35.5 Å². The first-order valence-electron chi connectivity index (χ1n) is 9.38. The van der Waals surface area contributed by atoms with E-state index in [1.807, 2.05) is 39.0 Å². The van der Waals surface area contributed by atoms with Crippen LogP contribution in [-0.2, 0) is 20.9 Å². The highest BCUT2D eigenvalue weighted by molar-refractivity contribution is 7.99. The van der Waals surface area contributed by atoms with Crippen molar-refractivity contribution in [2.75, 3.05) is 12.4 Å². The van der Waals surface area contributed by atoms with Gasteiger partial charge in [-0.3, -0.25) is 9.59 Å². The van der Waals surface area contributed by atoms with Crippen molar-refractivity contribution in [2.24, 2.45) is 0 Å². The summed E-state index contributed by atoms with van der Waals surface area (Å²) < 4.78 is 7.15. The van der Waals surface area contributed by atoms with E-state index in [1.165, 1.54) is 11.8 Å². The largest absolute Gasteiger partial charge is 0.455 e. The van der Waals surface area contributed by atoms with Gasteiger partial charge < -0.3 is 14.6 Å².